The van der Waals surface area contributed by atoms with E-state index in [4.69, 9.17) is 19.4 Å². The molecule has 0 bridgehead atoms. The van der Waals surface area contributed by atoms with Crippen molar-refractivity contribution >= 4 is 5.82 Å². The van der Waals surface area contributed by atoms with Crippen molar-refractivity contribution in [1.82, 2.24) is 25.1 Å². The van der Waals surface area contributed by atoms with Gasteiger partial charge in [0.25, 0.3) is 0 Å². The van der Waals surface area contributed by atoms with Crippen molar-refractivity contribution in [3.8, 4) is 23.0 Å². The Morgan fingerprint density at radius 1 is 1.24 bits per heavy atom. The van der Waals surface area contributed by atoms with Gasteiger partial charge in [-0.2, -0.15) is 5.10 Å². The Bertz CT molecular complexity index is 1090. The van der Waals surface area contributed by atoms with Crippen LogP contribution in [0.3, 0.4) is 0 Å². The second-order valence-corrected chi connectivity index (χ2v) is 8.44. The van der Waals surface area contributed by atoms with Gasteiger partial charge in [0.05, 0.1) is 18.3 Å². The van der Waals surface area contributed by atoms with Crippen LogP contribution < -0.4 is 15.4 Å². The molecule has 4 rings (SSSR count). The summed E-state index contributed by atoms with van der Waals surface area (Å²) in [5, 5.41) is 21.1. The SMILES string of the molecule is CNCC(O)COc1cccc(-c2nc(NC3CCOC3)c(C)c(-n3nc(C)cc3C)n2)c1. The van der Waals surface area contributed by atoms with Crippen molar-refractivity contribution in [1.29, 1.82) is 0 Å². The van der Waals surface area contributed by atoms with E-state index in [1.54, 1.807) is 7.05 Å². The zero-order valence-electron chi connectivity index (χ0n) is 19.6. The molecule has 0 aliphatic carbocycles. The summed E-state index contributed by atoms with van der Waals surface area (Å²) >= 11 is 0. The van der Waals surface area contributed by atoms with Gasteiger partial charge in [-0.25, -0.2) is 14.6 Å². The van der Waals surface area contributed by atoms with Gasteiger partial charge in [0.2, 0.25) is 0 Å². The number of aryl methyl sites for hydroxylation is 2. The number of hydrogen-bond acceptors (Lipinski definition) is 8. The minimum Gasteiger partial charge on any atom is -0.491 e. The number of anilines is 1. The standard InChI is InChI=1S/C24H32N6O3/c1-15-10-16(2)30(29-15)24-17(3)22(26-19-8-9-32-13-19)27-23(28-24)18-6-5-7-21(11-18)33-14-20(31)12-25-4/h5-7,10-11,19-20,25,31H,8-9,12-14H2,1-4H3,(H,26,27,28). The van der Waals surface area contributed by atoms with E-state index in [9.17, 15) is 5.11 Å². The molecule has 0 saturated carbocycles. The maximum absolute atomic E-state index is 9.95. The number of aliphatic hydroxyl groups excluding tert-OH is 1. The molecule has 2 atom stereocenters. The summed E-state index contributed by atoms with van der Waals surface area (Å²) in [7, 11) is 1.79. The third-order valence-electron chi connectivity index (χ3n) is 5.58. The largest absolute Gasteiger partial charge is 0.491 e. The molecule has 9 nitrogen and oxygen atoms in total. The molecular formula is C24H32N6O3. The molecule has 1 aliphatic heterocycles. The van der Waals surface area contributed by atoms with Crippen LogP contribution in [-0.4, -0.2) is 70.4 Å². The highest BCUT2D eigenvalue weighted by atomic mass is 16.5. The molecule has 3 aromatic rings. The highest BCUT2D eigenvalue weighted by molar-refractivity contribution is 5.64. The summed E-state index contributed by atoms with van der Waals surface area (Å²) in [4.78, 5) is 9.75. The number of hydrogen-bond donors (Lipinski definition) is 3. The van der Waals surface area contributed by atoms with Gasteiger partial charge in [-0.05, 0) is 52.4 Å². The minimum atomic E-state index is -0.587. The van der Waals surface area contributed by atoms with Gasteiger partial charge in [0, 0.05) is 30.0 Å². The molecule has 1 aliphatic rings. The molecule has 176 valence electrons. The van der Waals surface area contributed by atoms with Crippen LogP contribution in [0, 0.1) is 20.8 Å². The van der Waals surface area contributed by atoms with E-state index in [0.717, 1.165) is 47.2 Å². The first kappa shape index (κ1) is 23.2. The third-order valence-corrected chi connectivity index (χ3v) is 5.58. The Kier molecular flexibility index (Phi) is 7.22. The topological polar surface area (TPSA) is 106 Å². The molecule has 0 amide bonds. The van der Waals surface area contributed by atoms with E-state index < -0.39 is 6.10 Å². The molecule has 33 heavy (non-hydrogen) atoms. The van der Waals surface area contributed by atoms with Gasteiger partial charge >= 0.3 is 0 Å². The quantitative estimate of drug-likeness (QED) is 0.455. The van der Waals surface area contributed by atoms with Gasteiger partial charge in [-0.3, -0.25) is 0 Å². The maximum atomic E-state index is 9.95. The highest BCUT2D eigenvalue weighted by Crippen LogP contribution is 2.28. The van der Waals surface area contributed by atoms with Crippen LogP contribution in [0.1, 0.15) is 23.4 Å². The number of aliphatic hydroxyl groups is 1. The van der Waals surface area contributed by atoms with E-state index in [2.05, 4.69) is 15.7 Å². The fourth-order valence-corrected chi connectivity index (χ4v) is 3.88. The fourth-order valence-electron chi connectivity index (χ4n) is 3.88. The number of benzene rings is 1. The molecule has 1 aromatic carbocycles. The predicted molar refractivity (Wildman–Crippen MR) is 127 cm³/mol. The zero-order valence-corrected chi connectivity index (χ0v) is 19.6. The third kappa shape index (κ3) is 5.50. The number of rotatable bonds is 9. The maximum Gasteiger partial charge on any atom is 0.164 e. The molecule has 0 radical (unpaired) electrons. The smallest absolute Gasteiger partial charge is 0.164 e. The lowest BCUT2D eigenvalue weighted by molar-refractivity contribution is 0.108. The van der Waals surface area contributed by atoms with Crippen molar-refractivity contribution in [3.05, 3.63) is 47.3 Å². The second kappa shape index (κ2) is 10.3. The summed E-state index contributed by atoms with van der Waals surface area (Å²) in [6, 6.07) is 9.85. The number of ether oxygens (including phenoxy) is 2. The lowest BCUT2D eigenvalue weighted by atomic mass is 10.1. The summed E-state index contributed by atoms with van der Waals surface area (Å²) in [6.07, 6.45) is 0.350. The number of likely N-dealkylation sites (N-methyl/N-ethyl adjacent to an activating group) is 1. The summed E-state index contributed by atoms with van der Waals surface area (Å²) in [5.41, 5.74) is 3.69. The summed E-state index contributed by atoms with van der Waals surface area (Å²) in [6.45, 7) is 8.07. The van der Waals surface area contributed by atoms with Crippen molar-refractivity contribution in [3.63, 3.8) is 0 Å². The molecule has 1 fully saturated rings. The molecule has 2 unspecified atom stereocenters. The van der Waals surface area contributed by atoms with Gasteiger partial charge < -0.3 is 25.2 Å². The van der Waals surface area contributed by atoms with Crippen LogP contribution in [0.5, 0.6) is 5.75 Å². The Morgan fingerprint density at radius 3 is 2.79 bits per heavy atom. The number of aromatic nitrogens is 4. The monoisotopic (exact) mass is 452 g/mol. The van der Waals surface area contributed by atoms with E-state index in [1.807, 2.05) is 55.8 Å². The van der Waals surface area contributed by atoms with Crippen LogP contribution in [-0.2, 0) is 4.74 Å². The Balaban J connectivity index is 1.70. The van der Waals surface area contributed by atoms with Crippen LogP contribution in [0.2, 0.25) is 0 Å². The Hall–Kier alpha value is -3.01. The second-order valence-electron chi connectivity index (χ2n) is 8.44. The fraction of sp³-hybridized carbons (Fsp3) is 0.458. The molecule has 0 spiro atoms. The lowest BCUT2D eigenvalue weighted by Gasteiger charge is -2.18. The first-order chi connectivity index (χ1) is 15.9. The zero-order chi connectivity index (χ0) is 23.4. The van der Waals surface area contributed by atoms with Crippen molar-refractivity contribution < 1.29 is 14.6 Å². The first-order valence-corrected chi connectivity index (χ1v) is 11.3. The number of nitrogens with zero attached hydrogens (tertiary/aromatic N) is 4. The Labute approximate surface area is 194 Å². The van der Waals surface area contributed by atoms with E-state index >= 15 is 0 Å². The minimum absolute atomic E-state index is 0.199. The normalized spacial score (nSPS) is 16.7. The van der Waals surface area contributed by atoms with Gasteiger partial charge in [0.15, 0.2) is 11.6 Å². The molecule has 9 heteroatoms. The van der Waals surface area contributed by atoms with Crippen LogP contribution in [0.15, 0.2) is 30.3 Å². The average Bonchev–Trinajstić information content (AvgIpc) is 3.43. The first-order valence-electron chi connectivity index (χ1n) is 11.3. The van der Waals surface area contributed by atoms with Crippen molar-refractivity contribution in [2.45, 2.75) is 39.3 Å². The molecule has 3 heterocycles. The predicted octanol–water partition coefficient (Wildman–Crippen LogP) is 2.41. The summed E-state index contributed by atoms with van der Waals surface area (Å²) in [5.74, 6) is 2.74. The van der Waals surface area contributed by atoms with Gasteiger partial charge in [-0.15, -0.1) is 0 Å². The number of nitrogens with one attached hydrogen (secondary N) is 2. The lowest BCUT2D eigenvalue weighted by Crippen LogP contribution is -2.29. The molecular weight excluding hydrogens is 420 g/mol. The van der Waals surface area contributed by atoms with Crippen LogP contribution >= 0.6 is 0 Å². The Morgan fingerprint density at radius 2 is 2.09 bits per heavy atom. The van der Waals surface area contributed by atoms with Crippen LogP contribution in [0.4, 0.5) is 5.82 Å². The summed E-state index contributed by atoms with van der Waals surface area (Å²) < 4.78 is 13.2. The van der Waals surface area contributed by atoms with Gasteiger partial charge in [0.1, 0.15) is 24.3 Å². The highest BCUT2D eigenvalue weighted by Gasteiger charge is 2.21. The van der Waals surface area contributed by atoms with Gasteiger partial charge in [-0.1, -0.05) is 12.1 Å². The van der Waals surface area contributed by atoms with Crippen molar-refractivity contribution in [2.75, 3.05) is 38.7 Å². The van der Waals surface area contributed by atoms with E-state index in [-0.39, 0.29) is 12.6 Å². The molecule has 1 saturated heterocycles. The van der Waals surface area contributed by atoms with E-state index in [0.29, 0.717) is 24.7 Å². The van der Waals surface area contributed by atoms with E-state index in [1.165, 1.54) is 0 Å². The van der Waals surface area contributed by atoms with Crippen LogP contribution in [0.25, 0.3) is 17.2 Å². The molecule has 2 aromatic heterocycles. The average molecular weight is 453 g/mol. The van der Waals surface area contributed by atoms with Crippen molar-refractivity contribution in [2.24, 2.45) is 0 Å². The molecule has 3 N–H and O–H groups in total.